The molecule has 1 heterocycles. The van der Waals surface area contributed by atoms with Gasteiger partial charge in [0, 0.05) is 0 Å². The molecule has 0 fully saturated rings. The van der Waals surface area contributed by atoms with Crippen molar-refractivity contribution in [2.75, 3.05) is 12.9 Å². The second kappa shape index (κ2) is 6.80. The van der Waals surface area contributed by atoms with E-state index in [9.17, 15) is 4.79 Å². The Balaban J connectivity index is 2.48. The Morgan fingerprint density at radius 3 is 2.94 bits per heavy atom. The van der Waals surface area contributed by atoms with E-state index >= 15 is 0 Å². The third-order valence-corrected chi connectivity index (χ3v) is 3.06. The summed E-state index contributed by atoms with van der Waals surface area (Å²) in [6.45, 7) is 3.91. The van der Waals surface area contributed by atoms with Gasteiger partial charge in [0.1, 0.15) is 5.25 Å². The molecule has 0 bridgehead atoms. The summed E-state index contributed by atoms with van der Waals surface area (Å²) in [5, 5.41) is 7.77. The lowest BCUT2D eigenvalue weighted by Gasteiger charge is -2.06. The predicted molar refractivity (Wildman–Crippen MR) is 63.5 cm³/mol. The van der Waals surface area contributed by atoms with Gasteiger partial charge in [-0.25, -0.2) is 0 Å². The fourth-order valence-corrected chi connectivity index (χ4v) is 1.99. The van der Waals surface area contributed by atoms with Crippen LogP contribution in [0.15, 0.2) is 9.64 Å². The van der Waals surface area contributed by atoms with Crippen molar-refractivity contribution in [3.8, 4) is 0 Å². The van der Waals surface area contributed by atoms with E-state index in [-0.39, 0.29) is 11.2 Å². The highest BCUT2D eigenvalue weighted by atomic mass is 32.2. The third kappa shape index (κ3) is 4.05. The Hall–Kier alpha value is -0.690. The molecule has 0 aliphatic carbocycles. The Morgan fingerprint density at radius 2 is 2.31 bits per heavy atom. The topological polar surface area (TPSA) is 65.2 Å². The summed E-state index contributed by atoms with van der Waals surface area (Å²) in [6, 6.07) is 0. The van der Waals surface area contributed by atoms with Crippen LogP contribution in [0.4, 0.5) is 0 Å². The molecule has 0 spiro atoms. The van der Waals surface area contributed by atoms with E-state index in [4.69, 9.17) is 9.15 Å². The highest BCUT2D eigenvalue weighted by molar-refractivity contribution is 8.00. The molecule has 0 radical (unpaired) electrons. The molecule has 0 aromatic carbocycles. The van der Waals surface area contributed by atoms with Crippen LogP contribution in [0.2, 0.25) is 0 Å². The number of thioether (sulfide) groups is 2. The number of hydrogen-bond donors (Lipinski definition) is 0. The van der Waals surface area contributed by atoms with Gasteiger partial charge in [0.2, 0.25) is 5.89 Å². The lowest BCUT2D eigenvalue weighted by atomic mass is 10.5. The normalized spacial score (nSPS) is 12.4. The number of ether oxygens (including phenoxy) is 1. The van der Waals surface area contributed by atoms with Crippen LogP contribution in [0.1, 0.15) is 19.7 Å². The molecule has 1 unspecified atom stereocenters. The van der Waals surface area contributed by atoms with Crippen molar-refractivity contribution in [3.63, 3.8) is 0 Å². The van der Waals surface area contributed by atoms with Gasteiger partial charge in [0.25, 0.3) is 5.22 Å². The maximum absolute atomic E-state index is 11.3. The molecular weight excluding hydrogens is 248 g/mol. The van der Waals surface area contributed by atoms with Crippen LogP contribution in [0.3, 0.4) is 0 Å². The molecule has 0 aliphatic rings. The fraction of sp³-hybridized carbons (Fsp3) is 0.667. The van der Waals surface area contributed by atoms with Gasteiger partial charge in [-0.3, -0.25) is 4.79 Å². The maximum atomic E-state index is 11.3. The molecule has 5 nitrogen and oxygen atoms in total. The summed E-state index contributed by atoms with van der Waals surface area (Å²) in [6.07, 6.45) is 1.96. The van der Waals surface area contributed by atoms with Crippen molar-refractivity contribution in [1.82, 2.24) is 10.2 Å². The molecule has 1 atom stereocenters. The molecule has 16 heavy (non-hydrogen) atoms. The third-order valence-electron chi connectivity index (χ3n) is 1.61. The SMILES string of the molecule is CCOC(=O)C(C)Sc1nnc(CSC)o1. The first-order valence-electron chi connectivity index (χ1n) is 4.82. The van der Waals surface area contributed by atoms with Gasteiger partial charge in [0.15, 0.2) is 0 Å². The first-order chi connectivity index (χ1) is 7.67. The number of nitrogens with zero attached hydrogens (tertiary/aromatic N) is 2. The molecular formula is C9H14N2O3S2. The number of hydrogen-bond acceptors (Lipinski definition) is 7. The highest BCUT2D eigenvalue weighted by Gasteiger charge is 2.18. The monoisotopic (exact) mass is 262 g/mol. The quantitative estimate of drug-likeness (QED) is 0.573. The van der Waals surface area contributed by atoms with Gasteiger partial charge in [0.05, 0.1) is 12.4 Å². The number of rotatable bonds is 6. The van der Waals surface area contributed by atoms with E-state index in [2.05, 4.69) is 10.2 Å². The van der Waals surface area contributed by atoms with Gasteiger partial charge < -0.3 is 9.15 Å². The number of aromatic nitrogens is 2. The second-order valence-electron chi connectivity index (χ2n) is 2.91. The molecule has 90 valence electrons. The van der Waals surface area contributed by atoms with Crippen molar-refractivity contribution >= 4 is 29.5 Å². The average molecular weight is 262 g/mol. The Kier molecular flexibility index (Phi) is 5.68. The molecule has 7 heteroatoms. The zero-order valence-corrected chi connectivity index (χ0v) is 11.1. The summed E-state index contributed by atoms with van der Waals surface area (Å²) in [4.78, 5) is 11.3. The van der Waals surface area contributed by atoms with Crippen LogP contribution in [0.5, 0.6) is 0 Å². The molecule has 1 rings (SSSR count). The smallest absolute Gasteiger partial charge is 0.319 e. The Bertz CT molecular complexity index is 343. The van der Waals surface area contributed by atoms with Gasteiger partial charge in [-0.15, -0.1) is 10.2 Å². The summed E-state index contributed by atoms with van der Waals surface area (Å²) >= 11 is 2.82. The minimum absolute atomic E-state index is 0.267. The van der Waals surface area contributed by atoms with Crippen molar-refractivity contribution in [1.29, 1.82) is 0 Å². The first kappa shape index (κ1) is 13.4. The minimum Gasteiger partial charge on any atom is -0.465 e. The number of carbonyl (C=O) groups is 1. The van der Waals surface area contributed by atoms with Gasteiger partial charge in [-0.1, -0.05) is 11.8 Å². The summed E-state index contributed by atoms with van der Waals surface area (Å²) in [5.74, 6) is 0.990. The zero-order valence-electron chi connectivity index (χ0n) is 9.43. The lowest BCUT2D eigenvalue weighted by molar-refractivity contribution is -0.142. The largest absolute Gasteiger partial charge is 0.465 e. The van der Waals surface area contributed by atoms with Gasteiger partial charge >= 0.3 is 5.97 Å². The lowest BCUT2D eigenvalue weighted by Crippen LogP contribution is -2.16. The first-order valence-corrected chi connectivity index (χ1v) is 7.09. The molecule has 0 N–H and O–H groups in total. The molecule has 0 saturated heterocycles. The average Bonchev–Trinajstić information content (AvgIpc) is 2.66. The van der Waals surface area contributed by atoms with Crippen LogP contribution in [0, 0.1) is 0 Å². The van der Waals surface area contributed by atoms with E-state index in [0.717, 1.165) is 0 Å². The van der Waals surface area contributed by atoms with Crippen LogP contribution in [-0.4, -0.2) is 34.3 Å². The van der Waals surface area contributed by atoms with Crippen molar-refractivity contribution in [2.24, 2.45) is 0 Å². The Labute approximate surface area is 103 Å². The zero-order chi connectivity index (χ0) is 12.0. The molecule has 1 aromatic heterocycles. The summed E-state index contributed by atoms with van der Waals surface area (Å²) in [7, 11) is 0. The Morgan fingerprint density at radius 1 is 1.56 bits per heavy atom. The molecule has 0 aliphatic heterocycles. The van der Waals surface area contributed by atoms with Crippen LogP contribution < -0.4 is 0 Å². The van der Waals surface area contributed by atoms with Crippen molar-refractivity contribution < 1.29 is 13.9 Å². The highest BCUT2D eigenvalue weighted by Crippen LogP contribution is 2.23. The standard InChI is InChI=1S/C9H14N2O3S2/c1-4-13-8(12)6(2)16-9-11-10-7(14-9)5-15-3/h6H,4-5H2,1-3H3. The fourth-order valence-electron chi connectivity index (χ4n) is 0.927. The molecule has 0 amide bonds. The van der Waals surface area contributed by atoms with Crippen LogP contribution >= 0.6 is 23.5 Å². The van der Waals surface area contributed by atoms with Crippen LogP contribution in [0.25, 0.3) is 0 Å². The molecule has 1 aromatic rings. The predicted octanol–water partition coefficient (Wildman–Crippen LogP) is 1.98. The minimum atomic E-state index is -0.331. The maximum Gasteiger partial charge on any atom is 0.319 e. The van der Waals surface area contributed by atoms with Crippen molar-refractivity contribution in [2.45, 2.75) is 30.1 Å². The van der Waals surface area contributed by atoms with Crippen molar-refractivity contribution in [3.05, 3.63) is 5.89 Å². The van der Waals surface area contributed by atoms with E-state index in [1.165, 1.54) is 11.8 Å². The summed E-state index contributed by atoms with van der Waals surface area (Å²) in [5.41, 5.74) is 0. The van der Waals surface area contributed by atoms with Gasteiger partial charge in [-0.05, 0) is 20.1 Å². The van der Waals surface area contributed by atoms with E-state index < -0.39 is 0 Å². The van der Waals surface area contributed by atoms with E-state index in [1.807, 2.05) is 6.26 Å². The number of esters is 1. The van der Waals surface area contributed by atoms with E-state index in [0.29, 0.717) is 23.5 Å². The van der Waals surface area contributed by atoms with Gasteiger partial charge in [-0.2, -0.15) is 11.8 Å². The second-order valence-corrected chi connectivity index (χ2v) is 5.06. The number of carbonyl (C=O) groups excluding carboxylic acids is 1. The molecule has 0 saturated carbocycles. The van der Waals surface area contributed by atoms with E-state index in [1.54, 1.807) is 25.6 Å². The van der Waals surface area contributed by atoms with Crippen LogP contribution in [-0.2, 0) is 15.3 Å². The summed E-state index contributed by atoms with van der Waals surface area (Å²) < 4.78 is 10.2.